The molecule has 1 saturated heterocycles. The Morgan fingerprint density at radius 2 is 2.53 bits per heavy atom. The minimum Gasteiger partial charge on any atom is -0.384 e. The van der Waals surface area contributed by atoms with Crippen LogP contribution in [0.2, 0.25) is 0 Å². The van der Waals surface area contributed by atoms with Gasteiger partial charge in [0.05, 0.1) is 6.20 Å². The molecule has 6 nitrogen and oxygen atoms in total. The van der Waals surface area contributed by atoms with Gasteiger partial charge in [0, 0.05) is 25.8 Å². The van der Waals surface area contributed by atoms with Gasteiger partial charge in [-0.15, -0.1) is 0 Å². The maximum absolute atomic E-state index is 12.0. The number of hydrogen-bond acceptors (Lipinski definition) is 4. The molecule has 1 aliphatic rings. The van der Waals surface area contributed by atoms with Gasteiger partial charge in [-0.1, -0.05) is 0 Å². The van der Waals surface area contributed by atoms with Crippen LogP contribution in [0.3, 0.4) is 0 Å². The molecule has 1 aromatic rings. The highest BCUT2D eigenvalue weighted by molar-refractivity contribution is 5.85. The predicted molar refractivity (Wildman–Crippen MR) is 63.1 cm³/mol. The highest BCUT2D eigenvalue weighted by atomic mass is 16.5. The number of nitrogens with one attached hydrogen (secondary N) is 1. The maximum atomic E-state index is 12.0. The van der Waals surface area contributed by atoms with Gasteiger partial charge >= 0.3 is 0 Å². The summed E-state index contributed by atoms with van der Waals surface area (Å²) in [5.74, 6) is 0.487. The van der Waals surface area contributed by atoms with Crippen molar-refractivity contribution in [2.24, 2.45) is 7.05 Å². The van der Waals surface area contributed by atoms with E-state index in [1.54, 1.807) is 17.9 Å². The molecule has 0 radical (unpaired) electrons. The van der Waals surface area contributed by atoms with Gasteiger partial charge in [0.25, 0.3) is 5.91 Å². The van der Waals surface area contributed by atoms with Crippen molar-refractivity contribution in [2.75, 3.05) is 12.3 Å². The Hall–Kier alpha value is -1.56. The van der Waals surface area contributed by atoms with Crippen molar-refractivity contribution in [3.8, 4) is 0 Å². The lowest BCUT2D eigenvalue weighted by Crippen LogP contribution is -2.43. The Balaban J connectivity index is 1.94. The second-order valence-electron chi connectivity index (χ2n) is 4.54. The summed E-state index contributed by atoms with van der Waals surface area (Å²) in [4.78, 5) is 12.0. The largest absolute Gasteiger partial charge is 0.384 e. The van der Waals surface area contributed by atoms with E-state index in [1.807, 2.05) is 6.92 Å². The molecule has 2 heterocycles. The molecule has 0 aliphatic carbocycles. The quantitative estimate of drug-likeness (QED) is 0.787. The van der Waals surface area contributed by atoms with E-state index in [4.69, 9.17) is 10.5 Å². The molecule has 1 aromatic heterocycles. The first-order valence-electron chi connectivity index (χ1n) is 5.71. The summed E-state index contributed by atoms with van der Waals surface area (Å²) in [6, 6.07) is 0. The van der Waals surface area contributed by atoms with Crippen LogP contribution in [0.5, 0.6) is 0 Å². The molecular formula is C11H18N4O2. The van der Waals surface area contributed by atoms with Gasteiger partial charge in [0.2, 0.25) is 0 Å². The number of carbonyl (C=O) groups is 1. The third-order valence-corrected chi connectivity index (χ3v) is 3.20. The van der Waals surface area contributed by atoms with Gasteiger partial charge in [0.1, 0.15) is 11.4 Å². The molecule has 0 saturated carbocycles. The molecule has 1 aliphatic heterocycles. The van der Waals surface area contributed by atoms with E-state index in [9.17, 15) is 4.79 Å². The molecule has 1 unspecified atom stereocenters. The number of aryl methyl sites for hydroxylation is 1. The molecule has 0 bridgehead atoms. The zero-order valence-corrected chi connectivity index (χ0v) is 10.2. The first-order chi connectivity index (χ1) is 8.03. The lowest BCUT2D eigenvalue weighted by molar-refractivity contribution is -0.139. The Bertz CT molecular complexity index is 421. The van der Waals surface area contributed by atoms with Gasteiger partial charge in [-0.25, -0.2) is 0 Å². The molecule has 17 heavy (non-hydrogen) atoms. The Morgan fingerprint density at radius 3 is 3.06 bits per heavy atom. The molecular weight excluding hydrogens is 220 g/mol. The lowest BCUT2D eigenvalue weighted by atomic mass is 10.0. The van der Waals surface area contributed by atoms with Crippen molar-refractivity contribution >= 4 is 11.7 Å². The summed E-state index contributed by atoms with van der Waals surface area (Å²) in [5, 5.41) is 6.86. The number of carbonyl (C=O) groups excluding carboxylic acids is 1. The van der Waals surface area contributed by atoms with Crippen LogP contribution < -0.4 is 11.1 Å². The molecule has 94 valence electrons. The number of nitrogen functional groups attached to an aromatic ring is 1. The average Bonchev–Trinajstić information content (AvgIpc) is 2.87. The number of nitrogens with zero attached hydrogens (tertiary/aromatic N) is 2. The minimum absolute atomic E-state index is 0.0850. The summed E-state index contributed by atoms with van der Waals surface area (Å²) in [6.45, 7) is 2.86. The van der Waals surface area contributed by atoms with Gasteiger partial charge in [-0.05, 0) is 19.8 Å². The van der Waals surface area contributed by atoms with E-state index in [2.05, 4.69) is 10.4 Å². The Kier molecular flexibility index (Phi) is 3.06. The topological polar surface area (TPSA) is 82.2 Å². The van der Waals surface area contributed by atoms with Gasteiger partial charge < -0.3 is 15.8 Å². The predicted octanol–water partition coefficient (Wildman–Crippen LogP) is 0.188. The zero-order valence-electron chi connectivity index (χ0n) is 10.2. The molecule has 0 spiro atoms. The summed E-state index contributed by atoms with van der Waals surface area (Å²) in [7, 11) is 1.77. The average molecular weight is 238 g/mol. The van der Waals surface area contributed by atoms with E-state index in [-0.39, 0.29) is 5.91 Å². The van der Waals surface area contributed by atoms with Crippen LogP contribution in [0.1, 0.15) is 25.3 Å². The van der Waals surface area contributed by atoms with Crippen LogP contribution in [-0.2, 0) is 23.1 Å². The van der Waals surface area contributed by atoms with Crippen LogP contribution in [0, 0.1) is 0 Å². The van der Waals surface area contributed by atoms with Gasteiger partial charge in [-0.3, -0.25) is 9.48 Å². The Labute approximate surface area is 100 Å². The Morgan fingerprint density at radius 1 is 1.76 bits per heavy atom. The van der Waals surface area contributed by atoms with Crippen LogP contribution in [0.25, 0.3) is 0 Å². The highest BCUT2D eigenvalue weighted by Crippen LogP contribution is 2.25. The molecule has 0 aromatic carbocycles. The van der Waals surface area contributed by atoms with Crippen molar-refractivity contribution in [3.05, 3.63) is 11.8 Å². The summed E-state index contributed by atoms with van der Waals surface area (Å²) >= 11 is 0. The molecule has 1 fully saturated rings. The molecule has 1 atom stereocenters. The van der Waals surface area contributed by atoms with E-state index in [0.717, 1.165) is 18.4 Å². The molecule has 1 amide bonds. The van der Waals surface area contributed by atoms with Crippen molar-refractivity contribution < 1.29 is 9.53 Å². The number of anilines is 1. The summed E-state index contributed by atoms with van der Waals surface area (Å²) in [6.07, 6.45) is 3.35. The minimum atomic E-state index is -0.684. The normalized spacial score (nSPS) is 23.9. The fourth-order valence-electron chi connectivity index (χ4n) is 1.95. The van der Waals surface area contributed by atoms with Crippen molar-refractivity contribution in [1.29, 1.82) is 0 Å². The monoisotopic (exact) mass is 238 g/mol. The molecule has 6 heteroatoms. The van der Waals surface area contributed by atoms with E-state index < -0.39 is 5.60 Å². The second kappa shape index (κ2) is 4.37. The number of rotatable bonds is 3. The van der Waals surface area contributed by atoms with E-state index in [1.165, 1.54) is 0 Å². The van der Waals surface area contributed by atoms with Crippen LogP contribution in [0.15, 0.2) is 6.20 Å². The van der Waals surface area contributed by atoms with Crippen molar-refractivity contribution in [3.63, 3.8) is 0 Å². The number of aromatic nitrogens is 2. The fourth-order valence-corrected chi connectivity index (χ4v) is 1.95. The number of hydrogen-bond donors (Lipinski definition) is 2. The maximum Gasteiger partial charge on any atom is 0.252 e. The summed E-state index contributed by atoms with van der Waals surface area (Å²) < 4.78 is 7.04. The number of amides is 1. The first-order valence-corrected chi connectivity index (χ1v) is 5.71. The van der Waals surface area contributed by atoms with E-state index >= 15 is 0 Å². The summed E-state index contributed by atoms with van der Waals surface area (Å²) in [5.41, 5.74) is 5.93. The zero-order chi connectivity index (χ0) is 12.5. The lowest BCUT2D eigenvalue weighted by Gasteiger charge is -2.21. The second-order valence-corrected chi connectivity index (χ2v) is 4.54. The van der Waals surface area contributed by atoms with Gasteiger partial charge in [0.15, 0.2) is 0 Å². The molecule has 3 N–H and O–H groups in total. The smallest absolute Gasteiger partial charge is 0.252 e. The first kappa shape index (κ1) is 11.9. The standard InChI is InChI=1S/C11H18N4O2/c1-11(4-3-5-17-11)10(16)13-6-8-7-14-15(2)9(8)12/h7H,3-6,12H2,1-2H3,(H,13,16). The van der Waals surface area contributed by atoms with E-state index in [0.29, 0.717) is 19.0 Å². The van der Waals surface area contributed by atoms with Crippen LogP contribution in [-0.4, -0.2) is 27.9 Å². The van der Waals surface area contributed by atoms with Crippen LogP contribution in [0.4, 0.5) is 5.82 Å². The highest BCUT2D eigenvalue weighted by Gasteiger charge is 2.37. The number of nitrogens with two attached hydrogens (primary N) is 1. The van der Waals surface area contributed by atoms with Crippen LogP contribution >= 0.6 is 0 Å². The van der Waals surface area contributed by atoms with Gasteiger partial charge in [-0.2, -0.15) is 5.10 Å². The third-order valence-electron chi connectivity index (χ3n) is 3.20. The number of ether oxygens (including phenoxy) is 1. The fraction of sp³-hybridized carbons (Fsp3) is 0.636. The third kappa shape index (κ3) is 2.26. The SMILES string of the molecule is Cn1ncc(CNC(=O)C2(C)CCCO2)c1N. The van der Waals surface area contributed by atoms with Crippen molar-refractivity contribution in [2.45, 2.75) is 31.9 Å². The van der Waals surface area contributed by atoms with Crippen molar-refractivity contribution in [1.82, 2.24) is 15.1 Å². The molecule has 2 rings (SSSR count).